The smallest absolute Gasteiger partial charge is 0.254 e. The molecule has 0 unspecified atom stereocenters. The zero-order chi connectivity index (χ0) is 17.9. The molecule has 2 aliphatic rings. The second-order valence-corrected chi connectivity index (χ2v) is 6.52. The van der Waals surface area contributed by atoms with Crippen LogP contribution in [0.15, 0.2) is 42.5 Å². The van der Waals surface area contributed by atoms with Gasteiger partial charge in [-0.2, -0.15) is 0 Å². The maximum absolute atomic E-state index is 12.6. The van der Waals surface area contributed by atoms with Crippen molar-refractivity contribution in [2.75, 3.05) is 33.1 Å². The molecule has 2 aromatic carbocycles. The van der Waals surface area contributed by atoms with Crippen LogP contribution in [0.4, 0.5) is 0 Å². The van der Waals surface area contributed by atoms with Crippen molar-refractivity contribution in [2.45, 2.75) is 6.10 Å². The summed E-state index contributed by atoms with van der Waals surface area (Å²) in [5.41, 5.74) is 0.579. The van der Waals surface area contributed by atoms with Crippen molar-refractivity contribution in [1.82, 2.24) is 4.90 Å². The van der Waals surface area contributed by atoms with Gasteiger partial charge < -0.3 is 23.8 Å². The molecule has 1 atom stereocenters. The first-order valence-corrected chi connectivity index (χ1v) is 8.76. The lowest BCUT2D eigenvalue weighted by atomic mass is 10.1. The molecule has 0 aromatic heterocycles. The third-order valence-electron chi connectivity index (χ3n) is 4.28. The fourth-order valence-corrected chi connectivity index (χ4v) is 3.15. The van der Waals surface area contributed by atoms with Crippen LogP contribution >= 0.6 is 11.6 Å². The maximum atomic E-state index is 12.6. The van der Waals surface area contributed by atoms with Crippen LogP contribution in [0.1, 0.15) is 10.4 Å². The van der Waals surface area contributed by atoms with E-state index in [1.54, 1.807) is 35.2 Å². The van der Waals surface area contributed by atoms with Crippen LogP contribution in [0, 0.1) is 0 Å². The van der Waals surface area contributed by atoms with Crippen molar-refractivity contribution >= 4 is 17.5 Å². The van der Waals surface area contributed by atoms with E-state index < -0.39 is 0 Å². The number of nitrogens with zero attached hydrogens (tertiary/aromatic N) is 1. The number of halogens is 1. The largest absolute Gasteiger partial charge is 0.491 e. The van der Waals surface area contributed by atoms with E-state index in [1.165, 1.54) is 0 Å². The summed E-state index contributed by atoms with van der Waals surface area (Å²) in [5, 5.41) is 0.548. The highest BCUT2D eigenvalue weighted by Crippen LogP contribution is 2.35. The maximum Gasteiger partial charge on any atom is 0.254 e. The molecule has 7 heteroatoms. The minimum Gasteiger partial charge on any atom is -0.491 e. The van der Waals surface area contributed by atoms with Gasteiger partial charge in [0.25, 0.3) is 5.91 Å². The monoisotopic (exact) mass is 375 g/mol. The molecule has 136 valence electrons. The van der Waals surface area contributed by atoms with Gasteiger partial charge in [0.1, 0.15) is 18.5 Å². The molecule has 2 heterocycles. The summed E-state index contributed by atoms with van der Waals surface area (Å²) in [6.45, 7) is 2.06. The van der Waals surface area contributed by atoms with Gasteiger partial charge in [0.05, 0.1) is 13.2 Å². The number of rotatable bonds is 4. The number of carbonyl (C=O) groups is 1. The van der Waals surface area contributed by atoms with E-state index in [0.717, 1.165) is 0 Å². The first-order chi connectivity index (χ1) is 12.7. The van der Waals surface area contributed by atoms with Crippen LogP contribution in [-0.2, 0) is 4.74 Å². The Hall–Kier alpha value is -2.44. The standard InChI is InChI=1S/C19H18ClNO5/c20-14-3-1-2-13(8-14)19(22)21-6-7-23-16(10-21)11-24-15-4-5-17-18(9-15)26-12-25-17/h1-5,8-9,16H,6-7,10-12H2/t16-/m0/s1. The molecule has 0 saturated carbocycles. The molecular formula is C19H18ClNO5. The molecule has 0 radical (unpaired) electrons. The van der Waals surface area contributed by atoms with Crippen LogP contribution in [0.25, 0.3) is 0 Å². The van der Waals surface area contributed by atoms with Gasteiger partial charge in [-0.05, 0) is 30.3 Å². The average Bonchev–Trinajstić information content (AvgIpc) is 3.14. The van der Waals surface area contributed by atoms with Crippen molar-refractivity contribution in [3.8, 4) is 17.2 Å². The van der Waals surface area contributed by atoms with Crippen molar-refractivity contribution < 1.29 is 23.7 Å². The number of carbonyl (C=O) groups excluding carboxylic acids is 1. The highest BCUT2D eigenvalue weighted by atomic mass is 35.5. The molecule has 1 saturated heterocycles. The minimum atomic E-state index is -0.197. The third kappa shape index (κ3) is 3.71. The summed E-state index contributed by atoms with van der Waals surface area (Å²) in [6.07, 6.45) is -0.197. The molecule has 6 nitrogen and oxygen atoms in total. The van der Waals surface area contributed by atoms with Gasteiger partial charge in [0.15, 0.2) is 11.5 Å². The van der Waals surface area contributed by atoms with Gasteiger partial charge in [0, 0.05) is 23.2 Å². The van der Waals surface area contributed by atoms with Gasteiger partial charge in [-0.3, -0.25) is 4.79 Å². The lowest BCUT2D eigenvalue weighted by molar-refractivity contribution is -0.0401. The van der Waals surface area contributed by atoms with Gasteiger partial charge in [0.2, 0.25) is 6.79 Å². The summed E-state index contributed by atoms with van der Waals surface area (Å²) < 4.78 is 22.2. The molecule has 0 N–H and O–H groups in total. The van der Waals surface area contributed by atoms with E-state index in [9.17, 15) is 4.79 Å². The topological polar surface area (TPSA) is 57.2 Å². The lowest BCUT2D eigenvalue weighted by Crippen LogP contribution is -2.47. The van der Waals surface area contributed by atoms with Crippen LogP contribution in [0.5, 0.6) is 17.2 Å². The summed E-state index contributed by atoms with van der Waals surface area (Å²) in [6, 6.07) is 12.4. The predicted molar refractivity (Wildman–Crippen MR) is 95.2 cm³/mol. The summed E-state index contributed by atoms with van der Waals surface area (Å²) in [7, 11) is 0. The van der Waals surface area contributed by atoms with E-state index in [0.29, 0.717) is 54.1 Å². The van der Waals surface area contributed by atoms with E-state index in [1.807, 2.05) is 12.1 Å². The Morgan fingerprint density at radius 3 is 2.96 bits per heavy atom. The van der Waals surface area contributed by atoms with Crippen molar-refractivity contribution in [3.63, 3.8) is 0 Å². The molecule has 1 amide bonds. The number of hydrogen-bond acceptors (Lipinski definition) is 5. The Morgan fingerprint density at radius 2 is 2.08 bits per heavy atom. The Balaban J connectivity index is 1.35. The van der Waals surface area contributed by atoms with Crippen molar-refractivity contribution in [2.24, 2.45) is 0 Å². The Labute approximate surface area is 156 Å². The van der Waals surface area contributed by atoms with Gasteiger partial charge in [-0.25, -0.2) is 0 Å². The predicted octanol–water partition coefficient (Wildman–Crippen LogP) is 2.99. The zero-order valence-electron chi connectivity index (χ0n) is 14.0. The summed E-state index contributed by atoms with van der Waals surface area (Å²) in [4.78, 5) is 14.4. The number of hydrogen-bond donors (Lipinski definition) is 0. The molecule has 2 aromatic rings. The third-order valence-corrected chi connectivity index (χ3v) is 4.51. The van der Waals surface area contributed by atoms with Crippen LogP contribution in [-0.4, -0.2) is 50.0 Å². The number of ether oxygens (including phenoxy) is 4. The van der Waals surface area contributed by atoms with E-state index in [4.69, 9.17) is 30.5 Å². The van der Waals surface area contributed by atoms with Gasteiger partial charge in [-0.15, -0.1) is 0 Å². The summed E-state index contributed by atoms with van der Waals surface area (Å²) in [5.74, 6) is 2.01. The highest BCUT2D eigenvalue weighted by Gasteiger charge is 2.26. The van der Waals surface area contributed by atoms with E-state index >= 15 is 0 Å². The Kier molecular flexibility index (Phi) is 4.86. The average molecular weight is 376 g/mol. The molecule has 2 aliphatic heterocycles. The zero-order valence-corrected chi connectivity index (χ0v) is 14.8. The van der Waals surface area contributed by atoms with E-state index in [-0.39, 0.29) is 18.8 Å². The van der Waals surface area contributed by atoms with Gasteiger partial charge >= 0.3 is 0 Å². The fraction of sp³-hybridized carbons (Fsp3) is 0.316. The second-order valence-electron chi connectivity index (χ2n) is 6.08. The number of morpholine rings is 1. The minimum absolute atomic E-state index is 0.0520. The first kappa shape index (κ1) is 17.0. The quantitative estimate of drug-likeness (QED) is 0.822. The molecular weight excluding hydrogens is 358 g/mol. The lowest BCUT2D eigenvalue weighted by Gasteiger charge is -2.33. The fourth-order valence-electron chi connectivity index (χ4n) is 2.96. The van der Waals surface area contributed by atoms with Crippen molar-refractivity contribution in [3.05, 3.63) is 53.1 Å². The molecule has 0 aliphatic carbocycles. The molecule has 1 fully saturated rings. The Morgan fingerprint density at radius 1 is 1.19 bits per heavy atom. The van der Waals surface area contributed by atoms with Gasteiger partial charge in [-0.1, -0.05) is 17.7 Å². The molecule has 4 rings (SSSR count). The number of amides is 1. The summed E-state index contributed by atoms with van der Waals surface area (Å²) >= 11 is 5.98. The van der Waals surface area contributed by atoms with Crippen LogP contribution in [0.2, 0.25) is 5.02 Å². The van der Waals surface area contributed by atoms with Crippen LogP contribution in [0.3, 0.4) is 0 Å². The molecule has 26 heavy (non-hydrogen) atoms. The molecule has 0 bridgehead atoms. The van der Waals surface area contributed by atoms with Crippen LogP contribution < -0.4 is 14.2 Å². The number of benzene rings is 2. The van der Waals surface area contributed by atoms with Crippen molar-refractivity contribution in [1.29, 1.82) is 0 Å². The molecule has 0 spiro atoms. The second kappa shape index (κ2) is 7.43. The normalized spacial score (nSPS) is 18.7. The number of fused-ring (bicyclic) bond motifs is 1. The highest BCUT2D eigenvalue weighted by molar-refractivity contribution is 6.30. The van der Waals surface area contributed by atoms with E-state index in [2.05, 4.69) is 0 Å². The SMILES string of the molecule is O=C(c1cccc(Cl)c1)N1CCO[C@H](COc2ccc3c(c2)OCO3)C1. The first-order valence-electron chi connectivity index (χ1n) is 8.38. The Bertz CT molecular complexity index is 812.